The van der Waals surface area contributed by atoms with Gasteiger partial charge in [0.15, 0.2) is 0 Å². The Morgan fingerprint density at radius 2 is 1.79 bits per heavy atom. The predicted octanol–water partition coefficient (Wildman–Crippen LogP) is 5.18. The van der Waals surface area contributed by atoms with E-state index in [1.807, 2.05) is 24.3 Å². The second-order valence-corrected chi connectivity index (χ2v) is 7.15. The molecule has 3 aromatic rings. The van der Waals surface area contributed by atoms with Crippen LogP contribution in [0.4, 0.5) is 0 Å². The van der Waals surface area contributed by atoms with Crippen molar-refractivity contribution in [2.24, 2.45) is 0 Å². The SMILES string of the molecule is CCc1cccc(/C=C/c2c(Cl)ccc(=O)n2CCc2ccc(C(=O)O)cc2)c1. The number of rotatable bonds is 7. The molecule has 0 saturated heterocycles. The van der Waals surface area contributed by atoms with Crippen molar-refractivity contribution in [2.75, 3.05) is 0 Å². The highest BCUT2D eigenvalue weighted by molar-refractivity contribution is 6.32. The van der Waals surface area contributed by atoms with Crippen LogP contribution < -0.4 is 5.56 Å². The van der Waals surface area contributed by atoms with E-state index in [9.17, 15) is 9.59 Å². The van der Waals surface area contributed by atoms with Crippen LogP contribution >= 0.6 is 11.6 Å². The van der Waals surface area contributed by atoms with Crippen LogP contribution in [0.5, 0.6) is 0 Å². The number of halogens is 1. The Morgan fingerprint density at radius 1 is 1.03 bits per heavy atom. The van der Waals surface area contributed by atoms with E-state index < -0.39 is 5.97 Å². The van der Waals surface area contributed by atoms with Crippen molar-refractivity contribution in [3.63, 3.8) is 0 Å². The van der Waals surface area contributed by atoms with Crippen molar-refractivity contribution >= 4 is 29.7 Å². The lowest BCUT2D eigenvalue weighted by Crippen LogP contribution is -2.22. The van der Waals surface area contributed by atoms with Gasteiger partial charge in [0.2, 0.25) is 0 Å². The number of hydrogen-bond donors (Lipinski definition) is 1. The molecule has 0 saturated carbocycles. The van der Waals surface area contributed by atoms with Crippen molar-refractivity contribution in [3.05, 3.63) is 104 Å². The fourth-order valence-electron chi connectivity index (χ4n) is 3.11. The van der Waals surface area contributed by atoms with Crippen LogP contribution in [-0.4, -0.2) is 15.6 Å². The Labute approximate surface area is 174 Å². The van der Waals surface area contributed by atoms with Gasteiger partial charge in [-0.25, -0.2) is 4.79 Å². The van der Waals surface area contributed by atoms with Gasteiger partial charge < -0.3 is 9.67 Å². The highest BCUT2D eigenvalue weighted by Crippen LogP contribution is 2.18. The van der Waals surface area contributed by atoms with Gasteiger partial charge in [-0.05, 0) is 53.8 Å². The van der Waals surface area contributed by atoms with Crippen molar-refractivity contribution in [1.82, 2.24) is 4.57 Å². The number of carbonyl (C=O) groups is 1. The Bertz CT molecular complexity index is 1100. The summed E-state index contributed by atoms with van der Waals surface area (Å²) in [7, 11) is 0. The van der Waals surface area contributed by atoms with Crippen molar-refractivity contribution in [3.8, 4) is 0 Å². The number of pyridine rings is 1. The maximum Gasteiger partial charge on any atom is 0.335 e. The van der Waals surface area contributed by atoms with Gasteiger partial charge in [-0.15, -0.1) is 0 Å². The quantitative estimate of drug-likeness (QED) is 0.587. The molecule has 0 aliphatic heterocycles. The highest BCUT2D eigenvalue weighted by atomic mass is 35.5. The standard InChI is InChI=1S/C24H22ClNO3/c1-2-17-4-3-5-19(16-17)8-12-22-21(25)11-13-23(27)26(22)15-14-18-6-9-20(10-7-18)24(28)29/h3-13,16H,2,14-15H2,1H3,(H,28,29)/b12-8+. The molecule has 4 nitrogen and oxygen atoms in total. The normalized spacial score (nSPS) is 11.1. The summed E-state index contributed by atoms with van der Waals surface area (Å²) in [5, 5.41) is 9.51. The first-order valence-corrected chi connectivity index (χ1v) is 9.84. The number of carboxylic acids is 1. The van der Waals surface area contributed by atoms with E-state index >= 15 is 0 Å². The molecule has 0 aliphatic carbocycles. The molecule has 0 bridgehead atoms. The molecule has 0 radical (unpaired) electrons. The predicted molar refractivity (Wildman–Crippen MR) is 118 cm³/mol. The van der Waals surface area contributed by atoms with Crippen LogP contribution in [0.15, 0.2) is 65.5 Å². The van der Waals surface area contributed by atoms with Crippen LogP contribution in [0.2, 0.25) is 5.02 Å². The molecule has 0 aliphatic rings. The zero-order valence-electron chi connectivity index (χ0n) is 16.1. The maximum absolute atomic E-state index is 12.5. The number of benzene rings is 2. The average Bonchev–Trinajstić information content (AvgIpc) is 2.73. The summed E-state index contributed by atoms with van der Waals surface area (Å²) < 4.78 is 1.65. The topological polar surface area (TPSA) is 59.3 Å². The lowest BCUT2D eigenvalue weighted by molar-refractivity contribution is 0.0697. The van der Waals surface area contributed by atoms with Crippen molar-refractivity contribution < 1.29 is 9.90 Å². The molecular formula is C24H22ClNO3. The molecule has 0 fully saturated rings. The zero-order valence-corrected chi connectivity index (χ0v) is 16.9. The van der Waals surface area contributed by atoms with E-state index in [1.165, 1.54) is 11.6 Å². The summed E-state index contributed by atoms with van der Waals surface area (Å²) in [5.74, 6) is -0.956. The summed E-state index contributed by atoms with van der Waals surface area (Å²) in [6, 6.07) is 18.0. The van der Waals surface area contributed by atoms with Gasteiger partial charge in [0.05, 0.1) is 16.3 Å². The number of aromatic nitrogens is 1. The van der Waals surface area contributed by atoms with Crippen LogP contribution in [0.3, 0.4) is 0 Å². The number of aryl methyl sites for hydroxylation is 2. The molecule has 0 unspecified atom stereocenters. The third kappa shape index (κ3) is 5.24. The Balaban J connectivity index is 1.85. The second kappa shape index (κ2) is 9.39. The van der Waals surface area contributed by atoms with Gasteiger partial charge in [0.25, 0.3) is 5.56 Å². The molecule has 1 aromatic heterocycles. The van der Waals surface area contributed by atoms with Crippen LogP contribution in [0, 0.1) is 0 Å². The number of nitrogens with zero attached hydrogens (tertiary/aromatic N) is 1. The van der Waals surface area contributed by atoms with Gasteiger partial charge >= 0.3 is 5.97 Å². The van der Waals surface area contributed by atoms with E-state index in [0.717, 1.165) is 17.5 Å². The van der Waals surface area contributed by atoms with E-state index in [2.05, 4.69) is 19.1 Å². The molecule has 0 amide bonds. The molecule has 29 heavy (non-hydrogen) atoms. The van der Waals surface area contributed by atoms with Crippen molar-refractivity contribution in [1.29, 1.82) is 0 Å². The van der Waals surface area contributed by atoms with E-state index in [0.29, 0.717) is 23.7 Å². The minimum atomic E-state index is -0.956. The summed E-state index contributed by atoms with van der Waals surface area (Å²) >= 11 is 6.39. The number of aromatic carboxylic acids is 1. The highest BCUT2D eigenvalue weighted by Gasteiger charge is 2.08. The van der Waals surface area contributed by atoms with Gasteiger partial charge in [-0.2, -0.15) is 0 Å². The first kappa shape index (κ1) is 20.6. The van der Waals surface area contributed by atoms with Crippen LogP contribution in [0.1, 0.15) is 39.7 Å². The monoisotopic (exact) mass is 407 g/mol. The largest absolute Gasteiger partial charge is 0.478 e. The second-order valence-electron chi connectivity index (χ2n) is 6.74. The molecule has 0 atom stereocenters. The van der Waals surface area contributed by atoms with Gasteiger partial charge in [-0.3, -0.25) is 4.79 Å². The minimum absolute atomic E-state index is 0.126. The van der Waals surface area contributed by atoms with Gasteiger partial charge in [-0.1, -0.05) is 61.0 Å². The van der Waals surface area contributed by atoms with Crippen LogP contribution in [-0.2, 0) is 19.4 Å². The first-order valence-electron chi connectivity index (χ1n) is 9.46. The third-order valence-electron chi connectivity index (χ3n) is 4.79. The molecule has 1 N–H and O–H groups in total. The molecule has 2 aromatic carbocycles. The molecule has 0 spiro atoms. The van der Waals surface area contributed by atoms with E-state index in [4.69, 9.17) is 16.7 Å². The summed E-state index contributed by atoms with van der Waals surface area (Å²) in [6.07, 6.45) is 5.37. The third-order valence-corrected chi connectivity index (χ3v) is 5.11. The van der Waals surface area contributed by atoms with Crippen molar-refractivity contribution in [2.45, 2.75) is 26.3 Å². The van der Waals surface area contributed by atoms with E-state index in [1.54, 1.807) is 34.9 Å². The molecule has 1 heterocycles. The first-order chi connectivity index (χ1) is 14.0. The Morgan fingerprint density at radius 3 is 2.48 bits per heavy atom. The molecule has 148 valence electrons. The fraction of sp³-hybridized carbons (Fsp3) is 0.167. The number of hydrogen-bond acceptors (Lipinski definition) is 2. The average molecular weight is 408 g/mol. The zero-order chi connectivity index (χ0) is 20.8. The van der Waals surface area contributed by atoms with Gasteiger partial charge in [0.1, 0.15) is 0 Å². The van der Waals surface area contributed by atoms with Crippen LogP contribution in [0.25, 0.3) is 12.2 Å². The lowest BCUT2D eigenvalue weighted by Gasteiger charge is -2.12. The molecule has 5 heteroatoms. The fourth-order valence-corrected chi connectivity index (χ4v) is 3.34. The summed E-state index contributed by atoms with van der Waals surface area (Å²) in [5.41, 5.74) is 4.02. The lowest BCUT2D eigenvalue weighted by atomic mass is 10.1. The summed E-state index contributed by atoms with van der Waals surface area (Å²) in [6.45, 7) is 2.55. The minimum Gasteiger partial charge on any atom is -0.478 e. The number of carboxylic acid groups (broad SMARTS) is 1. The Hall–Kier alpha value is -3.11. The van der Waals surface area contributed by atoms with Gasteiger partial charge in [0, 0.05) is 12.6 Å². The Kier molecular flexibility index (Phi) is 6.68. The summed E-state index contributed by atoms with van der Waals surface area (Å²) in [4.78, 5) is 23.4. The smallest absolute Gasteiger partial charge is 0.335 e. The molecular weight excluding hydrogens is 386 g/mol. The maximum atomic E-state index is 12.5. The van der Waals surface area contributed by atoms with E-state index in [-0.39, 0.29) is 11.1 Å². The molecule has 3 rings (SSSR count).